The molecule has 0 spiro atoms. The zero-order valence-electron chi connectivity index (χ0n) is 13.4. The Morgan fingerprint density at radius 3 is 1.54 bits per heavy atom. The van der Waals surface area contributed by atoms with Gasteiger partial charge in [-0.05, 0) is 48.5 Å². The van der Waals surface area contributed by atoms with E-state index in [2.05, 4.69) is 4.98 Å². The molecule has 0 amide bonds. The van der Waals surface area contributed by atoms with Gasteiger partial charge in [-0.1, -0.05) is 0 Å². The number of hydrogen-bond acceptors (Lipinski definition) is 6. The first kappa shape index (κ1) is 16.7. The maximum atomic E-state index is 11.6. The normalized spacial score (nSPS) is 9.62. The molecule has 26 heavy (non-hydrogen) atoms. The van der Waals surface area contributed by atoms with Gasteiger partial charge in [-0.2, -0.15) is 10.5 Å². The summed E-state index contributed by atoms with van der Waals surface area (Å²) < 4.78 is 11.4. The number of rotatable bonds is 5. The Balaban J connectivity index is 1.87. The highest BCUT2D eigenvalue weighted by Gasteiger charge is 2.13. The first-order valence-electron chi connectivity index (χ1n) is 7.52. The molecule has 0 saturated carbocycles. The number of ether oxygens (including phenoxy) is 2. The SMILES string of the molecule is N#Cc1ccc(Oc2cncc(Oc3ccc(C#N)cc3)c2C=O)cc1. The minimum atomic E-state index is 0.203. The predicted octanol–water partition coefficient (Wildman–Crippen LogP) is 4.22. The Morgan fingerprint density at radius 2 is 1.19 bits per heavy atom. The number of nitrogens with zero attached hydrogens (tertiary/aromatic N) is 3. The van der Waals surface area contributed by atoms with Crippen molar-refractivity contribution < 1.29 is 14.3 Å². The molecule has 6 heteroatoms. The average Bonchev–Trinajstić information content (AvgIpc) is 2.69. The van der Waals surface area contributed by atoms with Crippen LogP contribution in [0, 0.1) is 22.7 Å². The van der Waals surface area contributed by atoms with Gasteiger partial charge in [0, 0.05) is 0 Å². The Labute approximate surface area is 149 Å². The van der Waals surface area contributed by atoms with Crippen LogP contribution in [0.5, 0.6) is 23.0 Å². The summed E-state index contributed by atoms with van der Waals surface area (Å²) >= 11 is 0. The number of benzene rings is 2. The molecular formula is C20H11N3O3. The van der Waals surface area contributed by atoms with Gasteiger partial charge in [-0.15, -0.1) is 0 Å². The minimum absolute atomic E-state index is 0.203. The minimum Gasteiger partial charge on any atom is -0.455 e. The number of nitriles is 2. The van der Waals surface area contributed by atoms with Crippen molar-refractivity contribution in [2.24, 2.45) is 0 Å². The molecule has 0 atom stereocenters. The Bertz CT molecular complexity index is 936. The molecule has 0 bridgehead atoms. The number of carbonyl (C=O) groups is 1. The molecule has 0 N–H and O–H groups in total. The van der Waals surface area contributed by atoms with Crippen molar-refractivity contribution in [3.63, 3.8) is 0 Å². The molecule has 0 aliphatic heterocycles. The molecule has 0 fully saturated rings. The van der Waals surface area contributed by atoms with Crippen molar-refractivity contribution in [1.82, 2.24) is 4.98 Å². The van der Waals surface area contributed by atoms with E-state index in [1.54, 1.807) is 48.5 Å². The molecule has 2 aromatic carbocycles. The molecule has 0 aliphatic rings. The molecule has 0 aliphatic carbocycles. The molecule has 3 aromatic rings. The lowest BCUT2D eigenvalue weighted by molar-refractivity contribution is 0.111. The van der Waals surface area contributed by atoms with Crippen molar-refractivity contribution in [3.8, 4) is 35.1 Å². The summed E-state index contributed by atoms with van der Waals surface area (Å²) in [6, 6.07) is 17.0. The molecule has 1 heterocycles. The van der Waals surface area contributed by atoms with Gasteiger partial charge in [0.25, 0.3) is 0 Å². The van der Waals surface area contributed by atoms with E-state index < -0.39 is 0 Å². The zero-order valence-corrected chi connectivity index (χ0v) is 13.4. The van der Waals surface area contributed by atoms with Gasteiger partial charge >= 0.3 is 0 Å². The number of aromatic nitrogens is 1. The van der Waals surface area contributed by atoms with Crippen molar-refractivity contribution in [2.75, 3.05) is 0 Å². The number of carbonyl (C=O) groups excluding carboxylic acids is 1. The first-order chi connectivity index (χ1) is 12.7. The van der Waals surface area contributed by atoms with Crippen LogP contribution in [0.15, 0.2) is 60.9 Å². The molecule has 3 rings (SSSR count). The summed E-state index contributed by atoms with van der Waals surface area (Å²) in [4.78, 5) is 15.6. The lowest BCUT2D eigenvalue weighted by atomic mass is 10.2. The van der Waals surface area contributed by atoms with Crippen LogP contribution in [0.2, 0.25) is 0 Å². The molecular weight excluding hydrogens is 330 g/mol. The number of hydrogen-bond donors (Lipinski definition) is 0. The third-order valence-corrected chi connectivity index (χ3v) is 3.45. The molecule has 0 saturated heterocycles. The average molecular weight is 341 g/mol. The van der Waals surface area contributed by atoms with E-state index in [0.29, 0.717) is 28.9 Å². The third-order valence-electron chi connectivity index (χ3n) is 3.45. The van der Waals surface area contributed by atoms with Crippen LogP contribution in [0.1, 0.15) is 21.5 Å². The maximum Gasteiger partial charge on any atom is 0.159 e. The molecule has 6 nitrogen and oxygen atoms in total. The van der Waals surface area contributed by atoms with Gasteiger partial charge in [-0.3, -0.25) is 9.78 Å². The van der Waals surface area contributed by atoms with E-state index in [-0.39, 0.29) is 17.1 Å². The van der Waals surface area contributed by atoms with Crippen LogP contribution in [-0.4, -0.2) is 11.3 Å². The summed E-state index contributed by atoms with van der Waals surface area (Å²) in [5.41, 5.74) is 1.21. The fourth-order valence-electron chi connectivity index (χ4n) is 2.16. The maximum absolute atomic E-state index is 11.6. The second kappa shape index (κ2) is 7.61. The van der Waals surface area contributed by atoms with E-state index in [0.717, 1.165) is 0 Å². The lowest BCUT2D eigenvalue weighted by Crippen LogP contribution is -1.96. The van der Waals surface area contributed by atoms with Crippen LogP contribution < -0.4 is 9.47 Å². The van der Waals surface area contributed by atoms with E-state index in [4.69, 9.17) is 20.0 Å². The fourth-order valence-corrected chi connectivity index (χ4v) is 2.16. The van der Waals surface area contributed by atoms with E-state index >= 15 is 0 Å². The fraction of sp³-hybridized carbons (Fsp3) is 0. The Hall–Kier alpha value is -4.16. The van der Waals surface area contributed by atoms with Gasteiger partial charge in [0.2, 0.25) is 0 Å². The van der Waals surface area contributed by atoms with Gasteiger partial charge in [-0.25, -0.2) is 0 Å². The summed E-state index contributed by atoms with van der Waals surface area (Å²) in [5.74, 6) is 1.39. The summed E-state index contributed by atoms with van der Waals surface area (Å²) in [5, 5.41) is 17.7. The van der Waals surface area contributed by atoms with Crippen LogP contribution >= 0.6 is 0 Å². The predicted molar refractivity (Wildman–Crippen MR) is 92.1 cm³/mol. The summed E-state index contributed by atoms with van der Waals surface area (Å²) in [6.45, 7) is 0. The quantitative estimate of drug-likeness (QED) is 0.645. The highest BCUT2D eigenvalue weighted by molar-refractivity contribution is 5.83. The van der Waals surface area contributed by atoms with E-state index in [1.165, 1.54) is 12.4 Å². The number of pyridine rings is 1. The lowest BCUT2D eigenvalue weighted by Gasteiger charge is -2.12. The van der Waals surface area contributed by atoms with Crippen LogP contribution in [-0.2, 0) is 0 Å². The third kappa shape index (κ3) is 3.66. The summed E-state index contributed by atoms with van der Waals surface area (Å²) in [6.07, 6.45) is 3.45. The van der Waals surface area contributed by atoms with Crippen LogP contribution in [0.4, 0.5) is 0 Å². The van der Waals surface area contributed by atoms with Gasteiger partial charge in [0.15, 0.2) is 17.8 Å². The Kier molecular flexibility index (Phi) is 4.88. The summed E-state index contributed by atoms with van der Waals surface area (Å²) in [7, 11) is 0. The second-order valence-corrected chi connectivity index (χ2v) is 5.14. The van der Waals surface area contributed by atoms with E-state index in [1.807, 2.05) is 12.1 Å². The van der Waals surface area contributed by atoms with Crippen LogP contribution in [0.25, 0.3) is 0 Å². The van der Waals surface area contributed by atoms with Gasteiger partial charge < -0.3 is 9.47 Å². The topological polar surface area (TPSA) is 96.0 Å². The largest absolute Gasteiger partial charge is 0.455 e. The van der Waals surface area contributed by atoms with Gasteiger partial charge in [0.1, 0.15) is 17.1 Å². The molecule has 0 radical (unpaired) electrons. The van der Waals surface area contributed by atoms with Crippen molar-refractivity contribution in [1.29, 1.82) is 10.5 Å². The zero-order chi connectivity index (χ0) is 18.4. The number of aldehydes is 1. The van der Waals surface area contributed by atoms with Crippen molar-refractivity contribution in [2.45, 2.75) is 0 Å². The highest BCUT2D eigenvalue weighted by atomic mass is 16.5. The second-order valence-electron chi connectivity index (χ2n) is 5.14. The highest BCUT2D eigenvalue weighted by Crippen LogP contribution is 2.32. The molecule has 0 unspecified atom stereocenters. The molecule has 1 aromatic heterocycles. The monoisotopic (exact) mass is 341 g/mol. The molecule has 124 valence electrons. The Morgan fingerprint density at radius 1 is 0.769 bits per heavy atom. The smallest absolute Gasteiger partial charge is 0.159 e. The first-order valence-corrected chi connectivity index (χ1v) is 7.52. The van der Waals surface area contributed by atoms with Crippen molar-refractivity contribution in [3.05, 3.63) is 77.6 Å². The van der Waals surface area contributed by atoms with Crippen molar-refractivity contribution >= 4 is 6.29 Å². The van der Waals surface area contributed by atoms with Gasteiger partial charge in [0.05, 0.1) is 35.7 Å². The van der Waals surface area contributed by atoms with E-state index in [9.17, 15) is 4.79 Å². The van der Waals surface area contributed by atoms with Crippen LogP contribution in [0.3, 0.4) is 0 Å². The standard InChI is InChI=1S/C20H11N3O3/c21-9-14-1-5-16(6-2-14)25-19-11-23-12-20(18(19)13-24)26-17-7-3-15(10-22)4-8-17/h1-8,11-13H.